The summed E-state index contributed by atoms with van der Waals surface area (Å²) in [5, 5.41) is 39.1. The Bertz CT molecular complexity index is 1520. The van der Waals surface area contributed by atoms with Crippen LogP contribution >= 0.6 is 23.2 Å². The zero-order valence-electron chi connectivity index (χ0n) is 17.9. The minimum Gasteiger partial charge on any atom is -0.507 e. The molecule has 1 heterocycles. The number of hydrogen-bond acceptors (Lipinski definition) is 6. The van der Waals surface area contributed by atoms with Crippen LogP contribution in [0.25, 0.3) is 11.1 Å². The van der Waals surface area contributed by atoms with Crippen LogP contribution in [0.15, 0.2) is 58.5 Å². The summed E-state index contributed by atoms with van der Waals surface area (Å²) in [5.74, 6) is -4.45. The summed E-state index contributed by atoms with van der Waals surface area (Å²) in [7, 11) is 0. The number of amidine groups is 1. The van der Waals surface area contributed by atoms with Gasteiger partial charge in [-0.2, -0.15) is 0 Å². The first-order valence-electron chi connectivity index (χ1n) is 10.2. The van der Waals surface area contributed by atoms with Crippen LogP contribution in [0.1, 0.15) is 35.2 Å². The summed E-state index contributed by atoms with van der Waals surface area (Å²) in [4.78, 5) is 32.3. The van der Waals surface area contributed by atoms with Crippen LogP contribution in [0, 0.1) is 5.41 Å². The maximum atomic E-state index is 11.9. The van der Waals surface area contributed by atoms with Crippen molar-refractivity contribution in [3.63, 3.8) is 0 Å². The summed E-state index contributed by atoms with van der Waals surface area (Å²) in [6.07, 6.45) is -1.63. The summed E-state index contributed by atoms with van der Waals surface area (Å²) in [6, 6.07) is 12.4. The van der Waals surface area contributed by atoms with Crippen LogP contribution < -0.4 is 16.4 Å². The van der Waals surface area contributed by atoms with Gasteiger partial charge in [-0.3, -0.25) is 25.0 Å². The highest BCUT2D eigenvalue weighted by Crippen LogP contribution is 2.44. The number of aromatic hydroxyl groups is 1. The van der Waals surface area contributed by atoms with Gasteiger partial charge in [-0.1, -0.05) is 35.3 Å². The second-order valence-electron chi connectivity index (χ2n) is 7.85. The maximum absolute atomic E-state index is 11.9. The van der Waals surface area contributed by atoms with Gasteiger partial charge in [0.05, 0.1) is 33.1 Å². The van der Waals surface area contributed by atoms with Crippen molar-refractivity contribution in [3.8, 4) is 16.9 Å². The van der Waals surface area contributed by atoms with Gasteiger partial charge in [-0.25, -0.2) is 0 Å². The highest BCUT2D eigenvalue weighted by Gasteiger charge is 2.29. The van der Waals surface area contributed by atoms with E-state index in [-0.39, 0.29) is 38.3 Å². The minimum absolute atomic E-state index is 0.129. The Morgan fingerprint density at radius 3 is 2.40 bits per heavy atom. The summed E-state index contributed by atoms with van der Waals surface area (Å²) < 4.78 is 0. The molecule has 0 spiro atoms. The third-order valence-electron chi connectivity index (χ3n) is 5.57. The third kappa shape index (κ3) is 4.68. The number of fused-ring (bicyclic) bond motifs is 1. The molecule has 0 aliphatic carbocycles. The zero-order chi connectivity index (χ0) is 25.4. The van der Waals surface area contributed by atoms with Crippen molar-refractivity contribution in [1.29, 1.82) is 5.41 Å². The molecule has 11 heteroatoms. The summed E-state index contributed by atoms with van der Waals surface area (Å²) in [6.45, 7) is 0. The number of phenols is 1. The first kappa shape index (κ1) is 24.2. The van der Waals surface area contributed by atoms with E-state index in [0.29, 0.717) is 21.8 Å². The standard InChI is InChI=1S/C24H18Cl2N4O5/c25-16-3-1-2-12(20(16)26)14-6-11(13(24(34)35)9-19(31)32)7-15(21(14)33)23-29-17-5-4-10(22(27)28)8-18(17)30-23/h1-8,13,23,33H,9H2,(H3,27,28)(H,31,32)(H,34,35). The normalized spacial score (nSPS) is 15.0. The Balaban J connectivity index is 1.96. The van der Waals surface area contributed by atoms with Crippen molar-refractivity contribution in [2.45, 2.75) is 18.5 Å². The number of nitrogens with two attached hydrogens (primary N) is 1. The van der Waals surface area contributed by atoms with E-state index in [1.807, 2.05) is 0 Å². The fraction of sp³-hybridized carbons (Fsp3) is 0.125. The molecule has 0 aromatic heterocycles. The molecule has 6 N–H and O–H groups in total. The molecule has 0 saturated heterocycles. The van der Waals surface area contributed by atoms with Crippen molar-refractivity contribution in [2.75, 3.05) is 0 Å². The van der Waals surface area contributed by atoms with Gasteiger partial charge in [0.25, 0.3) is 0 Å². The molecule has 3 aromatic rings. The number of nitrogens with zero attached hydrogens (tertiary/aromatic N) is 2. The number of aliphatic carboxylic acids is 2. The van der Waals surface area contributed by atoms with Gasteiger partial charge in [0.15, 0.2) is 6.17 Å². The number of benzene rings is 3. The molecule has 9 nitrogen and oxygen atoms in total. The highest BCUT2D eigenvalue weighted by molar-refractivity contribution is 6.43. The van der Waals surface area contributed by atoms with Crippen LogP contribution in [-0.4, -0.2) is 33.1 Å². The van der Waals surface area contributed by atoms with Crippen molar-refractivity contribution in [3.05, 3.63) is 86.0 Å². The molecule has 0 radical (unpaired) electrons. The van der Waals surface area contributed by atoms with Crippen molar-refractivity contribution >= 4 is 41.0 Å². The zero-order valence-corrected chi connectivity index (χ0v) is 19.4. The van der Waals surface area contributed by atoms with Crippen molar-refractivity contribution in [2.24, 2.45) is 15.7 Å². The fourth-order valence-electron chi connectivity index (χ4n) is 3.85. The van der Waals surface area contributed by atoms with Crippen LogP contribution in [-0.2, 0) is 9.59 Å². The largest absolute Gasteiger partial charge is 0.507 e. The lowest BCUT2D eigenvalue weighted by molar-refractivity contribution is -0.145. The van der Waals surface area contributed by atoms with Crippen LogP contribution in [0.3, 0.4) is 0 Å². The fourth-order valence-corrected chi connectivity index (χ4v) is 4.25. The van der Waals surface area contributed by atoms with Gasteiger partial charge in [-0.05, 0) is 42.0 Å². The van der Waals surface area contributed by atoms with Crippen LogP contribution in [0.4, 0.5) is 0 Å². The molecule has 178 valence electrons. The van der Waals surface area contributed by atoms with E-state index < -0.39 is 30.4 Å². The molecule has 1 aliphatic rings. The van der Waals surface area contributed by atoms with Crippen molar-refractivity contribution < 1.29 is 24.9 Å². The Labute approximate surface area is 208 Å². The van der Waals surface area contributed by atoms with E-state index in [1.54, 1.807) is 36.4 Å². The number of carboxylic acids is 2. The molecule has 35 heavy (non-hydrogen) atoms. The SMILES string of the molecule is N=C(N)c1ccc2c(c1)=NC(c1cc(C(CC(=O)O)C(=O)O)cc(-c3cccc(Cl)c3Cl)c1O)N=2. The first-order chi connectivity index (χ1) is 16.6. The van der Waals surface area contributed by atoms with Gasteiger partial charge in [-0.15, -0.1) is 0 Å². The van der Waals surface area contributed by atoms with Gasteiger partial charge in [0.2, 0.25) is 0 Å². The number of nitrogen functional groups attached to an aromatic ring is 1. The van der Waals surface area contributed by atoms with Crippen LogP contribution in [0.5, 0.6) is 5.75 Å². The second kappa shape index (κ2) is 9.36. The average Bonchev–Trinajstić information content (AvgIpc) is 3.22. The lowest BCUT2D eigenvalue weighted by Gasteiger charge is -2.19. The summed E-state index contributed by atoms with van der Waals surface area (Å²) >= 11 is 12.5. The van der Waals surface area contributed by atoms with Crippen molar-refractivity contribution in [1.82, 2.24) is 0 Å². The number of halogens is 2. The smallest absolute Gasteiger partial charge is 0.311 e. The van der Waals surface area contributed by atoms with Gasteiger partial charge in [0, 0.05) is 22.3 Å². The van der Waals surface area contributed by atoms with Gasteiger partial charge >= 0.3 is 11.9 Å². The second-order valence-corrected chi connectivity index (χ2v) is 8.63. The number of carboxylic acid groups (broad SMARTS) is 2. The van der Waals surface area contributed by atoms with Gasteiger partial charge < -0.3 is 21.1 Å². The molecule has 3 aromatic carbocycles. The molecule has 2 unspecified atom stereocenters. The number of hydrogen-bond donors (Lipinski definition) is 5. The molecule has 2 atom stereocenters. The van der Waals surface area contributed by atoms with Crippen LogP contribution in [0.2, 0.25) is 10.0 Å². The monoisotopic (exact) mass is 512 g/mol. The first-order valence-corrected chi connectivity index (χ1v) is 11.0. The molecular weight excluding hydrogens is 495 g/mol. The highest BCUT2D eigenvalue weighted by atomic mass is 35.5. The predicted octanol–water partition coefficient (Wildman–Crippen LogP) is 3.24. The Morgan fingerprint density at radius 2 is 1.74 bits per heavy atom. The third-order valence-corrected chi connectivity index (χ3v) is 6.39. The van der Waals surface area contributed by atoms with E-state index >= 15 is 0 Å². The molecule has 1 aliphatic heterocycles. The lowest BCUT2D eigenvalue weighted by Crippen LogP contribution is -2.24. The van der Waals surface area contributed by atoms with E-state index in [9.17, 15) is 24.9 Å². The molecule has 4 rings (SSSR count). The van der Waals surface area contributed by atoms with Gasteiger partial charge in [0.1, 0.15) is 11.6 Å². The number of rotatable bonds is 7. The summed E-state index contributed by atoms with van der Waals surface area (Å²) in [5.41, 5.74) is 6.77. The maximum Gasteiger partial charge on any atom is 0.311 e. The Morgan fingerprint density at radius 1 is 1.03 bits per heavy atom. The number of carbonyl (C=O) groups is 2. The lowest BCUT2D eigenvalue weighted by atomic mass is 9.89. The number of phenolic OH excluding ortho intramolecular Hbond substituents is 1. The quantitative estimate of drug-likeness (QED) is 0.240. The molecule has 0 amide bonds. The van der Waals surface area contributed by atoms with E-state index in [0.717, 1.165) is 0 Å². The number of nitrogens with one attached hydrogen (secondary N) is 1. The van der Waals surface area contributed by atoms with E-state index in [4.69, 9.17) is 34.3 Å². The van der Waals surface area contributed by atoms with E-state index in [2.05, 4.69) is 9.98 Å². The topological polar surface area (TPSA) is 169 Å². The Hall–Kier alpha value is -3.95. The average molecular weight is 513 g/mol. The molecule has 0 bridgehead atoms. The predicted molar refractivity (Wildman–Crippen MR) is 129 cm³/mol. The van der Waals surface area contributed by atoms with E-state index in [1.165, 1.54) is 12.1 Å². The molecule has 0 saturated carbocycles. The molecular formula is C24H18Cl2N4O5. The molecule has 0 fully saturated rings. The minimum atomic E-state index is -1.41. The Kier molecular flexibility index (Phi) is 6.47.